The Hall–Kier alpha value is -1.91. The summed E-state index contributed by atoms with van der Waals surface area (Å²) < 4.78 is 49.5. The molecule has 0 spiro atoms. The Bertz CT molecular complexity index is 1240. The molecule has 9 nitrogen and oxygen atoms in total. The molecule has 1 heterocycles. The van der Waals surface area contributed by atoms with Gasteiger partial charge in [0, 0.05) is 12.6 Å². The molecule has 12 heteroatoms. The molecule has 0 aromatic heterocycles. The van der Waals surface area contributed by atoms with Crippen molar-refractivity contribution in [2.45, 2.75) is 70.5 Å². The van der Waals surface area contributed by atoms with E-state index in [0.29, 0.717) is 22.3 Å². The van der Waals surface area contributed by atoms with Crippen molar-refractivity contribution in [3.8, 4) is 5.75 Å². The van der Waals surface area contributed by atoms with Gasteiger partial charge in [-0.3, -0.25) is 9.36 Å². The number of fused-ring (bicyclic) bond motifs is 1. The van der Waals surface area contributed by atoms with Crippen LogP contribution >= 0.6 is 23.5 Å². The van der Waals surface area contributed by atoms with Crippen molar-refractivity contribution >= 4 is 45.0 Å². The van der Waals surface area contributed by atoms with Crippen molar-refractivity contribution in [3.05, 3.63) is 52.5 Å². The minimum Gasteiger partial charge on any atom is -0.483 e. The van der Waals surface area contributed by atoms with E-state index in [9.17, 15) is 22.7 Å². The minimum absolute atomic E-state index is 0.00699. The maximum Gasteiger partial charge on any atom is 0.354 e. The molecule has 0 fully saturated rings. The molecule has 1 aliphatic rings. The summed E-state index contributed by atoms with van der Waals surface area (Å²) in [4.78, 5) is 23.1. The van der Waals surface area contributed by atoms with Gasteiger partial charge in [0.05, 0.1) is 27.4 Å². The molecular weight excluding hydrogens is 619 g/mol. The Labute approximate surface area is 247 Å². The van der Waals surface area contributed by atoms with Crippen LogP contribution in [0.5, 0.6) is 5.75 Å². The van der Waals surface area contributed by atoms with Gasteiger partial charge in [0.2, 0.25) is 0 Å². The van der Waals surface area contributed by atoms with E-state index in [-0.39, 0.29) is 28.9 Å². The van der Waals surface area contributed by atoms with Gasteiger partial charge in [-0.2, -0.15) is 0 Å². The third-order valence-corrected chi connectivity index (χ3v) is 10.6. The second-order valence-corrected chi connectivity index (χ2v) is 14.3. The molecule has 3 unspecified atom stereocenters. The normalized spacial score (nSPS) is 18.0. The quantitative estimate of drug-likeness (QED) is 0.170. The maximum absolute atomic E-state index is 12.9. The minimum atomic E-state index is -4.21. The second kappa shape index (κ2) is 16.5. The first-order valence-corrected chi connectivity index (χ1v) is 17.8. The topological polar surface area (TPSA) is 131 Å². The monoisotopic (exact) mass is 660 g/mol. The molecule has 3 atom stereocenters. The number of benzene rings is 2. The molecule has 1 amide bonds. The van der Waals surface area contributed by atoms with Gasteiger partial charge in [-0.15, -0.1) is 0 Å². The van der Waals surface area contributed by atoms with Gasteiger partial charge in [0.1, 0.15) is 5.75 Å². The maximum atomic E-state index is 12.9. The van der Waals surface area contributed by atoms with Crippen LogP contribution in [-0.2, 0) is 23.7 Å². The SMILES string of the molecule is CCCCCC.CCOP(=O)(O)C(NC(=O)COc1cc2c(cc1Br)NCC(CC)CS2(=O)=O)c1ccccc1. The van der Waals surface area contributed by atoms with Crippen LogP contribution in [0.1, 0.15) is 71.1 Å². The number of rotatable bonds is 12. The number of carbonyl (C=O) groups is 1. The van der Waals surface area contributed by atoms with Gasteiger partial charge in [0.25, 0.3) is 5.91 Å². The number of hydrogen-bond acceptors (Lipinski definition) is 7. The van der Waals surface area contributed by atoms with Gasteiger partial charge < -0.3 is 24.8 Å². The zero-order valence-electron chi connectivity index (χ0n) is 23.7. The zero-order valence-corrected chi connectivity index (χ0v) is 27.0. The second-order valence-electron chi connectivity index (χ2n) is 9.57. The van der Waals surface area contributed by atoms with Crippen molar-refractivity contribution < 1.29 is 31.9 Å². The summed E-state index contributed by atoms with van der Waals surface area (Å²) in [6, 6.07) is 11.3. The molecule has 0 bridgehead atoms. The largest absolute Gasteiger partial charge is 0.483 e. The molecule has 2 aromatic rings. The van der Waals surface area contributed by atoms with E-state index in [1.807, 2.05) is 6.92 Å². The first-order valence-electron chi connectivity index (χ1n) is 13.7. The average Bonchev–Trinajstić information content (AvgIpc) is 3.04. The molecule has 1 aliphatic heterocycles. The fourth-order valence-corrected chi connectivity index (χ4v) is 7.84. The summed E-state index contributed by atoms with van der Waals surface area (Å²) >= 11 is 3.36. The van der Waals surface area contributed by atoms with Crippen LogP contribution in [-0.4, -0.2) is 44.7 Å². The Morgan fingerprint density at radius 1 is 1.15 bits per heavy atom. The van der Waals surface area contributed by atoms with E-state index in [0.717, 1.165) is 6.42 Å². The number of anilines is 1. The van der Waals surface area contributed by atoms with E-state index in [1.165, 1.54) is 31.7 Å². The molecule has 40 heavy (non-hydrogen) atoms. The van der Waals surface area contributed by atoms with Crippen molar-refractivity contribution in [2.24, 2.45) is 5.92 Å². The lowest BCUT2D eigenvalue weighted by atomic mass is 10.1. The summed E-state index contributed by atoms with van der Waals surface area (Å²) in [6.45, 7) is 8.02. The number of amides is 1. The first kappa shape index (κ1) is 34.3. The number of carbonyl (C=O) groups excluding carboxylic acids is 1. The number of sulfone groups is 1. The van der Waals surface area contributed by atoms with Crippen molar-refractivity contribution in [1.82, 2.24) is 5.32 Å². The van der Waals surface area contributed by atoms with Gasteiger partial charge >= 0.3 is 7.60 Å². The van der Waals surface area contributed by atoms with Crippen LogP contribution in [0.2, 0.25) is 0 Å². The van der Waals surface area contributed by atoms with Crippen molar-refractivity contribution in [3.63, 3.8) is 0 Å². The highest BCUT2D eigenvalue weighted by Crippen LogP contribution is 2.54. The average molecular weight is 662 g/mol. The van der Waals surface area contributed by atoms with Crippen LogP contribution in [0.3, 0.4) is 0 Å². The van der Waals surface area contributed by atoms with Crippen LogP contribution in [0.25, 0.3) is 0 Å². The molecule has 3 rings (SSSR count). The van der Waals surface area contributed by atoms with E-state index >= 15 is 0 Å². The molecule has 0 radical (unpaired) electrons. The standard InChI is InChI=1S/C22H28BrN2O7PS.C6H14/c1-3-15-12-24-18-10-17(23)19(11-20(18)34(29,30)14-15)31-13-21(26)25-22(33(27,28)32-4-2)16-8-6-5-7-9-16;1-3-5-6-4-2/h5-11,15,22,24H,3-4,12-14H2,1-2H3,(H,25,26)(H,27,28);3-6H2,1-2H3. The Balaban J connectivity index is 0.000000840. The highest BCUT2D eigenvalue weighted by molar-refractivity contribution is 9.10. The summed E-state index contributed by atoms with van der Waals surface area (Å²) in [5.74, 6) is -1.77. The molecule has 0 saturated carbocycles. The molecular formula is C28H42BrN2O7PS. The van der Waals surface area contributed by atoms with Gasteiger partial charge in [0.15, 0.2) is 22.2 Å². The highest BCUT2D eigenvalue weighted by atomic mass is 79.9. The fraction of sp³-hybridized carbons (Fsp3) is 0.536. The Morgan fingerprint density at radius 3 is 2.38 bits per heavy atom. The number of nitrogens with one attached hydrogen (secondary N) is 2. The molecule has 0 saturated heterocycles. The lowest BCUT2D eigenvalue weighted by molar-refractivity contribution is -0.123. The summed E-state index contributed by atoms with van der Waals surface area (Å²) in [7, 11) is -7.76. The lowest BCUT2D eigenvalue weighted by Gasteiger charge is -2.24. The molecule has 0 aliphatic carbocycles. The van der Waals surface area contributed by atoms with E-state index in [4.69, 9.17) is 9.26 Å². The number of unbranched alkanes of at least 4 members (excludes halogenated alkanes) is 3. The zero-order chi connectivity index (χ0) is 29.8. The van der Waals surface area contributed by atoms with E-state index in [2.05, 4.69) is 40.4 Å². The number of hydrogen-bond donors (Lipinski definition) is 3. The van der Waals surface area contributed by atoms with Crippen molar-refractivity contribution in [1.29, 1.82) is 0 Å². The van der Waals surface area contributed by atoms with Crippen molar-refractivity contribution in [2.75, 3.05) is 30.8 Å². The summed E-state index contributed by atoms with van der Waals surface area (Å²) in [5.41, 5.74) is 0.880. The molecule has 224 valence electrons. The van der Waals surface area contributed by atoms with Crippen LogP contribution in [0.4, 0.5) is 5.69 Å². The first-order chi connectivity index (χ1) is 19.0. The third kappa shape index (κ3) is 10.2. The van der Waals surface area contributed by atoms with Gasteiger partial charge in [-0.05, 0) is 40.4 Å². The van der Waals surface area contributed by atoms with E-state index < -0.39 is 35.7 Å². The predicted octanol–water partition coefficient (Wildman–Crippen LogP) is 6.68. The summed E-state index contributed by atoms with van der Waals surface area (Å²) in [5, 5.41) is 5.67. The van der Waals surface area contributed by atoms with Gasteiger partial charge in [-0.1, -0.05) is 83.2 Å². The number of ether oxygens (including phenoxy) is 1. The Morgan fingerprint density at radius 2 is 1.80 bits per heavy atom. The smallest absolute Gasteiger partial charge is 0.354 e. The molecule has 3 N–H and O–H groups in total. The van der Waals surface area contributed by atoms with Gasteiger partial charge in [-0.25, -0.2) is 8.42 Å². The molecule has 2 aromatic carbocycles. The predicted molar refractivity (Wildman–Crippen MR) is 163 cm³/mol. The van der Waals surface area contributed by atoms with Crippen LogP contribution < -0.4 is 15.4 Å². The Kier molecular flexibility index (Phi) is 14.2. The highest BCUT2D eigenvalue weighted by Gasteiger charge is 2.35. The van der Waals surface area contributed by atoms with E-state index in [1.54, 1.807) is 43.3 Å². The van der Waals surface area contributed by atoms with Crippen LogP contribution in [0, 0.1) is 5.92 Å². The summed E-state index contributed by atoms with van der Waals surface area (Å²) in [6.07, 6.45) is 6.26. The lowest BCUT2D eigenvalue weighted by Crippen LogP contribution is -2.33. The third-order valence-electron chi connectivity index (χ3n) is 6.35. The van der Waals surface area contributed by atoms with Crippen LogP contribution in [0.15, 0.2) is 51.8 Å². The number of halogens is 1. The fourth-order valence-electron chi connectivity index (χ4n) is 4.10.